The SMILES string of the molecule is CNC(Cc1c(F)ccc(Br)c1F)C1C2CCCC21. The molecule has 2 fully saturated rings. The lowest BCUT2D eigenvalue weighted by molar-refractivity contribution is 0.414. The molecule has 0 aromatic heterocycles. The lowest BCUT2D eigenvalue weighted by atomic mass is 9.96. The summed E-state index contributed by atoms with van der Waals surface area (Å²) in [6, 6.07) is 2.95. The van der Waals surface area contributed by atoms with E-state index in [0.29, 0.717) is 16.8 Å². The van der Waals surface area contributed by atoms with Crippen molar-refractivity contribution in [3.05, 3.63) is 33.8 Å². The standard InChI is InChI=1S/C15H18BrF2N/c1-19-13(14-8-3-2-4-9(8)14)7-10-12(17)6-5-11(16)15(10)18/h5-6,8-9,13-14,19H,2-4,7H2,1H3. The largest absolute Gasteiger partial charge is 0.316 e. The van der Waals surface area contributed by atoms with Gasteiger partial charge in [0.15, 0.2) is 0 Å². The summed E-state index contributed by atoms with van der Waals surface area (Å²) in [5, 5.41) is 3.27. The Bertz CT molecular complexity index is 481. The third-order valence-electron chi connectivity index (χ3n) is 4.87. The second kappa shape index (κ2) is 5.13. The summed E-state index contributed by atoms with van der Waals surface area (Å²) in [7, 11) is 1.90. The molecule has 4 heteroatoms. The van der Waals surface area contributed by atoms with Gasteiger partial charge in [-0.15, -0.1) is 0 Å². The Hall–Kier alpha value is -0.480. The van der Waals surface area contributed by atoms with E-state index in [2.05, 4.69) is 21.2 Å². The summed E-state index contributed by atoms with van der Waals surface area (Å²) in [4.78, 5) is 0. The fourth-order valence-electron chi connectivity index (χ4n) is 3.88. The zero-order chi connectivity index (χ0) is 13.6. The minimum atomic E-state index is -0.453. The molecule has 1 N–H and O–H groups in total. The molecule has 0 saturated heterocycles. The van der Waals surface area contributed by atoms with Crippen molar-refractivity contribution in [3.8, 4) is 0 Å². The van der Waals surface area contributed by atoms with E-state index in [9.17, 15) is 8.78 Å². The number of benzene rings is 1. The maximum Gasteiger partial charge on any atom is 0.143 e. The van der Waals surface area contributed by atoms with Crippen molar-refractivity contribution in [2.45, 2.75) is 31.7 Å². The van der Waals surface area contributed by atoms with Crippen molar-refractivity contribution < 1.29 is 8.78 Å². The summed E-state index contributed by atoms with van der Waals surface area (Å²) in [5.74, 6) is 1.29. The monoisotopic (exact) mass is 329 g/mol. The lowest BCUT2D eigenvalue weighted by Crippen LogP contribution is -2.32. The van der Waals surface area contributed by atoms with E-state index in [1.807, 2.05) is 7.05 Å². The van der Waals surface area contributed by atoms with E-state index in [1.54, 1.807) is 0 Å². The van der Waals surface area contributed by atoms with Crippen molar-refractivity contribution in [1.82, 2.24) is 5.32 Å². The zero-order valence-corrected chi connectivity index (χ0v) is 12.5. The van der Waals surface area contributed by atoms with Crippen molar-refractivity contribution in [1.29, 1.82) is 0 Å². The smallest absolute Gasteiger partial charge is 0.143 e. The number of hydrogen-bond donors (Lipinski definition) is 1. The molecule has 0 bridgehead atoms. The second-order valence-electron chi connectivity index (χ2n) is 5.76. The Balaban J connectivity index is 1.78. The predicted molar refractivity (Wildman–Crippen MR) is 74.9 cm³/mol. The van der Waals surface area contributed by atoms with Crippen LogP contribution in [0.25, 0.3) is 0 Å². The summed E-state index contributed by atoms with van der Waals surface area (Å²) in [6.07, 6.45) is 4.33. The summed E-state index contributed by atoms with van der Waals surface area (Å²) in [5.41, 5.74) is 0.207. The Morgan fingerprint density at radius 2 is 2.00 bits per heavy atom. The van der Waals surface area contributed by atoms with Crippen LogP contribution in [0, 0.1) is 29.4 Å². The summed E-state index contributed by atoms with van der Waals surface area (Å²) >= 11 is 3.13. The highest BCUT2D eigenvalue weighted by Crippen LogP contribution is 2.59. The first kappa shape index (κ1) is 13.5. The van der Waals surface area contributed by atoms with Crippen LogP contribution >= 0.6 is 15.9 Å². The first-order valence-electron chi connectivity index (χ1n) is 6.93. The van der Waals surface area contributed by atoms with Gasteiger partial charge in [0.25, 0.3) is 0 Å². The normalized spacial score (nSPS) is 30.2. The van der Waals surface area contributed by atoms with Gasteiger partial charge in [-0.1, -0.05) is 6.42 Å². The van der Waals surface area contributed by atoms with Crippen molar-refractivity contribution in [3.63, 3.8) is 0 Å². The van der Waals surface area contributed by atoms with Gasteiger partial charge in [-0.25, -0.2) is 8.78 Å². The van der Waals surface area contributed by atoms with Crippen LogP contribution < -0.4 is 5.32 Å². The molecule has 0 amide bonds. The Morgan fingerprint density at radius 1 is 1.32 bits per heavy atom. The van der Waals surface area contributed by atoms with Gasteiger partial charge in [-0.3, -0.25) is 0 Å². The van der Waals surface area contributed by atoms with Gasteiger partial charge >= 0.3 is 0 Å². The van der Waals surface area contributed by atoms with Crippen LogP contribution in [0.1, 0.15) is 24.8 Å². The minimum Gasteiger partial charge on any atom is -0.316 e. The molecule has 1 aromatic rings. The number of rotatable bonds is 4. The fraction of sp³-hybridized carbons (Fsp3) is 0.600. The maximum absolute atomic E-state index is 14.0. The number of halogens is 3. The maximum atomic E-state index is 14.0. The van der Waals surface area contributed by atoms with Crippen LogP contribution in [0.3, 0.4) is 0 Å². The Labute approximate surface area is 120 Å². The van der Waals surface area contributed by atoms with Crippen LogP contribution in [-0.2, 0) is 6.42 Å². The van der Waals surface area contributed by atoms with Gasteiger partial charge in [0, 0.05) is 11.6 Å². The molecule has 0 heterocycles. The summed E-state index contributed by atoms with van der Waals surface area (Å²) < 4.78 is 28.2. The molecular weight excluding hydrogens is 312 g/mol. The third kappa shape index (κ3) is 2.33. The van der Waals surface area contributed by atoms with Crippen LogP contribution in [0.5, 0.6) is 0 Å². The van der Waals surface area contributed by atoms with Crippen LogP contribution in [0.4, 0.5) is 8.78 Å². The average molecular weight is 330 g/mol. The van der Waals surface area contributed by atoms with Gasteiger partial charge in [0.2, 0.25) is 0 Å². The Morgan fingerprint density at radius 3 is 2.63 bits per heavy atom. The van der Waals surface area contributed by atoms with Gasteiger partial charge in [-0.05, 0) is 72.1 Å². The molecule has 2 aliphatic rings. The molecule has 3 atom stereocenters. The molecule has 2 aliphatic carbocycles. The predicted octanol–water partition coefficient (Wildman–Crippen LogP) is 3.90. The Kier molecular flexibility index (Phi) is 3.65. The van der Waals surface area contributed by atoms with Gasteiger partial charge in [-0.2, -0.15) is 0 Å². The molecule has 1 nitrogen and oxygen atoms in total. The quantitative estimate of drug-likeness (QED) is 0.826. The molecule has 104 valence electrons. The highest BCUT2D eigenvalue weighted by molar-refractivity contribution is 9.10. The van der Waals surface area contributed by atoms with Gasteiger partial charge < -0.3 is 5.32 Å². The van der Waals surface area contributed by atoms with E-state index in [1.165, 1.54) is 31.4 Å². The van der Waals surface area contributed by atoms with E-state index in [-0.39, 0.29) is 11.6 Å². The van der Waals surface area contributed by atoms with Crippen molar-refractivity contribution in [2.75, 3.05) is 7.05 Å². The molecule has 0 radical (unpaired) electrons. The second-order valence-corrected chi connectivity index (χ2v) is 6.61. The molecule has 3 unspecified atom stereocenters. The van der Waals surface area contributed by atoms with Crippen LogP contribution in [-0.4, -0.2) is 13.1 Å². The number of nitrogens with one attached hydrogen (secondary N) is 1. The molecule has 3 rings (SSSR count). The number of fused-ring (bicyclic) bond motifs is 1. The van der Waals surface area contributed by atoms with Gasteiger partial charge in [0.1, 0.15) is 11.6 Å². The van der Waals surface area contributed by atoms with E-state index < -0.39 is 11.6 Å². The highest BCUT2D eigenvalue weighted by Gasteiger charge is 2.55. The third-order valence-corrected chi connectivity index (χ3v) is 5.48. The first-order valence-corrected chi connectivity index (χ1v) is 7.72. The minimum absolute atomic E-state index is 0.189. The molecular formula is C15H18BrF2N. The van der Waals surface area contributed by atoms with E-state index in [4.69, 9.17) is 0 Å². The molecule has 0 spiro atoms. The average Bonchev–Trinajstić information content (AvgIpc) is 2.87. The van der Waals surface area contributed by atoms with E-state index >= 15 is 0 Å². The number of likely N-dealkylation sites (N-methyl/N-ethyl adjacent to an activating group) is 1. The van der Waals surface area contributed by atoms with Crippen molar-refractivity contribution in [2.24, 2.45) is 17.8 Å². The summed E-state index contributed by atoms with van der Waals surface area (Å²) in [6.45, 7) is 0. The van der Waals surface area contributed by atoms with Crippen molar-refractivity contribution >= 4 is 15.9 Å². The molecule has 19 heavy (non-hydrogen) atoms. The lowest BCUT2D eigenvalue weighted by Gasteiger charge is -2.19. The van der Waals surface area contributed by atoms with Crippen LogP contribution in [0.2, 0.25) is 0 Å². The van der Waals surface area contributed by atoms with Crippen LogP contribution in [0.15, 0.2) is 16.6 Å². The fourth-order valence-corrected chi connectivity index (χ4v) is 4.25. The number of hydrogen-bond acceptors (Lipinski definition) is 1. The molecule has 2 saturated carbocycles. The first-order chi connectivity index (χ1) is 9.13. The highest BCUT2D eigenvalue weighted by atomic mass is 79.9. The topological polar surface area (TPSA) is 12.0 Å². The van der Waals surface area contributed by atoms with E-state index in [0.717, 1.165) is 11.8 Å². The van der Waals surface area contributed by atoms with Gasteiger partial charge in [0.05, 0.1) is 4.47 Å². The zero-order valence-electron chi connectivity index (χ0n) is 10.9. The molecule has 1 aromatic carbocycles. The molecule has 0 aliphatic heterocycles.